The third-order valence-corrected chi connectivity index (χ3v) is 7.10. The molecule has 0 bridgehead atoms. The summed E-state index contributed by atoms with van der Waals surface area (Å²) in [7, 11) is 3.50. The van der Waals surface area contributed by atoms with Gasteiger partial charge in [-0.2, -0.15) is 0 Å². The van der Waals surface area contributed by atoms with Crippen LogP contribution in [0.3, 0.4) is 0 Å². The Morgan fingerprint density at radius 3 is 2.47 bits per heavy atom. The minimum Gasteiger partial charge on any atom is -0.380 e. The topological polar surface area (TPSA) is 75.7 Å². The highest BCUT2D eigenvalue weighted by Crippen LogP contribution is 2.23. The summed E-state index contributed by atoms with van der Waals surface area (Å²) >= 11 is 0. The van der Waals surface area contributed by atoms with Gasteiger partial charge in [-0.25, -0.2) is 0 Å². The maximum Gasteiger partial charge on any atom is 0.222 e. The Labute approximate surface area is 192 Å². The second kappa shape index (κ2) is 20.2. The first kappa shape index (κ1) is 29.3. The second-order valence-electron chi connectivity index (χ2n) is 7.05. The van der Waals surface area contributed by atoms with Crippen molar-refractivity contribution in [2.45, 2.75) is 85.1 Å². The molecule has 178 valence electrons. The second-order valence-corrected chi connectivity index (χ2v) is 9.75. The van der Waals surface area contributed by atoms with Crippen molar-refractivity contribution >= 4 is 39.2 Å². The van der Waals surface area contributed by atoms with E-state index in [1.54, 1.807) is 28.5 Å². The van der Waals surface area contributed by atoms with Crippen LogP contribution in [-0.4, -0.2) is 66.3 Å². The van der Waals surface area contributed by atoms with Crippen LogP contribution in [0.25, 0.3) is 0 Å². The molecular weight excluding hydrogens is 420 g/mol. The van der Waals surface area contributed by atoms with Gasteiger partial charge < -0.3 is 19.7 Å². The van der Waals surface area contributed by atoms with Gasteiger partial charge in [-0.3, -0.25) is 9.59 Å². The number of likely N-dealkylation sites (tertiary alicyclic amines) is 1. The molecule has 1 heterocycles. The Balaban J connectivity index is 0. The third-order valence-electron chi connectivity index (χ3n) is 4.60. The van der Waals surface area contributed by atoms with Gasteiger partial charge in [-0.05, 0) is 46.0 Å². The SMILES string of the molecule is CC.CCOC[C@@H]1CCCN1C(=O)CCCSSCCNC(=O)CCCCC(C)=O.[HH]. The van der Waals surface area contributed by atoms with Gasteiger partial charge in [0.1, 0.15) is 5.78 Å². The van der Waals surface area contributed by atoms with Gasteiger partial charge in [-0.1, -0.05) is 35.4 Å². The van der Waals surface area contributed by atoms with Gasteiger partial charge in [0, 0.05) is 51.9 Å². The molecule has 1 rings (SSSR count). The van der Waals surface area contributed by atoms with Gasteiger partial charge in [0.25, 0.3) is 0 Å². The number of amides is 2. The Hall–Kier alpha value is -0.730. The number of ketones is 1. The summed E-state index contributed by atoms with van der Waals surface area (Å²) in [6.45, 7) is 10.5. The predicted molar refractivity (Wildman–Crippen MR) is 131 cm³/mol. The quantitative estimate of drug-likeness (QED) is 0.263. The summed E-state index contributed by atoms with van der Waals surface area (Å²) in [5.74, 6) is 2.30. The lowest BCUT2D eigenvalue weighted by atomic mass is 10.1. The van der Waals surface area contributed by atoms with E-state index in [2.05, 4.69) is 5.32 Å². The maximum atomic E-state index is 12.4. The van der Waals surface area contributed by atoms with Crippen LogP contribution in [-0.2, 0) is 19.1 Å². The summed E-state index contributed by atoms with van der Waals surface area (Å²) in [5.41, 5.74) is 0. The summed E-state index contributed by atoms with van der Waals surface area (Å²) in [6, 6.07) is 0.264. The number of Topliss-reactive ketones (excluding diaryl/α,β-unsaturated/α-hetero) is 1. The van der Waals surface area contributed by atoms with Crippen LogP contribution in [0.2, 0.25) is 0 Å². The molecule has 30 heavy (non-hydrogen) atoms. The van der Waals surface area contributed by atoms with E-state index in [1.165, 1.54) is 0 Å². The van der Waals surface area contributed by atoms with E-state index in [1.807, 2.05) is 25.7 Å². The lowest BCUT2D eigenvalue weighted by Gasteiger charge is -2.24. The van der Waals surface area contributed by atoms with E-state index in [0.717, 1.165) is 50.2 Å². The molecule has 6 nitrogen and oxygen atoms in total. The van der Waals surface area contributed by atoms with E-state index >= 15 is 0 Å². The number of carbonyl (C=O) groups is 3. The van der Waals surface area contributed by atoms with Crippen LogP contribution in [0.1, 0.15) is 80.5 Å². The Bertz CT molecular complexity index is 484. The van der Waals surface area contributed by atoms with Crippen molar-refractivity contribution in [1.82, 2.24) is 10.2 Å². The number of nitrogens with zero attached hydrogens (tertiary/aromatic N) is 1. The first-order chi connectivity index (χ1) is 14.5. The standard InChI is InChI=1S/C20H36N2O4S2.C2H6.H2/c1-3-26-16-18-9-6-13-22(18)20(25)11-7-14-27-28-15-12-21-19(24)10-5-4-8-17(2)23;1-2;/h18H,3-16H2,1-2H3,(H,21,24);1-2H3;1H/t18-;;/m0../s1. The number of unbranched alkanes of at least 4 members (excludes halogenated alkanes) is 1. The van der Waals surface area contributed by atoms with Gasteiger partial charge in [0.05, 0.1) is 12.6 Å². The Kier molecular flexibility index (Phi) is 19.7. The molecule has 1 fully saturated rings. The molecule has 0 saturated carbocycles. The number of ether oxygens (including phenoxy) is 1. The fourth-order valence-electron chi connectivity index (χ4n) is 3.11. The zero-order valence-corrected chi connectivity index (χ0v) is 21.0. The monoisotopic (exact) mass is 464 g/mol. The van der Waals surface area contributed by atoms with Gasteiger partial charge in [0.15, 0.2) is 0 Å². The molecule has 0 aromatic heterocycles. The number of carbonyl (C=O) groups excluding carboxylic acids is 3. The number of rotatable bonds is 16. The van der Waals surface area contributed by atoms with E-state index < -0.39 is 0 Å². The van der Waals surface area contributed by atoms with E-state index in [-0.39, 0.29) is 25.1 Å². The zero-order chi connectivity index (χ0) is 22.6. The molecule has 2 amide bonds. The van der Waals surface area contributed by atoms with E-state index in [9.17, 15) is 14.4 Å². The minimum atomic E-state index is 0. The number of hydrogen-bond acceptors (Lipinski definition) is 6. The van der Waals surface area contributed by atoms with Crippen LogP contribution < -0.4 is 5.32 Å². The number of nitrogens with one attached hydrogen (secondary N) is 1. The average molecular weight is 465 g/mol. The first-order valence-electron chi connectivity index (χ1n) is 11.4. The molecule has 0 unspecified atom stereocenters. The molecule has 1 saturated heterocycles. The highest BCUT2D eigenvalue weighted by molar-refractivity contribution is 8.76. The fraction of sp³-hybridized carbons (Fsp3) is 0.864. The largest absolute Gasteiger partial charge is 0.380 e. The molecular formula is C22H44N2O4S2. The molecule has 1 N–H and O–H groups in total. The Morgan fingerprint density at radius 1 is 1.07 bits per heavy atom. The molecule has 0 aromatic rings. The molecule has 1 aliphatic heterocycles. The molecule has 0 radical (unpaired) electrons. The van der Waals surface area contributed by atoms with Crippen molar-refractivity contribution in [1.29, 1.82) is 0 Å². The summed E-state index contributed by atoms with van der Waals surface area (Å²) in [4.78, 5) is 36.8. The van der Waals surface area contributed by atoms with Crippen molar-refractivity contribution in [3.8, 4) is 0 Å². The molecule has 0 aliphatic carbocycles. The molecule has 8 heteroatoms. The van der Waals surface area contributed by atoms with Crippen LogP contribution in [0, 0.1) is 0 Å². The first-order valence-corrected chi connectivity index (χ1v) is 13.9. The predicted octanol–water partition coefficient (Wildman–Crippen LogP) is 4.71. The van der Waals surface area contributed by atoms with Crippen LogP contribution in [0.5, 0.6) is 0 Å². The lowest BCUT2D eigenvalue weighted by Crippen LogP contribution is -2.38. The highest BCUT2D eigenvalue weighted by atomic mass is 33.1. The van der Waals surface area contributed by atoms with E-state index in [4.69, 9.17) is 4.74 Å². The Morgan fingerprint density at radius 2 is 1.77 bits per heavy atom. The minimum absolute atomic E-state index is 0. The van der Waals surface area contributed by atoms with Gasteiger partial charge in [-0.15, -0.1) is 0 Å². The van der Waals surface area contributed by atoms with Crippen molar-refractivity contribution in [3.05, 3.63) is 0 Å². The summed E-state index contributed by atoms with van der Waals surface area (Å²) in [5, 5.41) is 2.91. The zero-order valence-electron chi connectivity index (χ0n) is 19.4. The molecule has 0 aromatic carbocycles. The van der Waals surface area contributed by atoms with Crippen molar-refractivity contribution in [2.75, 3.05) is 37.8 Å². The van der Waals surface area contributed by atoms with Crippen molar-refractivity contribution < 1.29 is 20.5 Å². The smallest absolute Gasteiger partial charge is 0.222 e. The molecule has 1 aliphatic rings. The maximum absolute atomic E-state index is 12.4. The summed E-state index contributed by atoms with van der Waals surface area (Å²) in [6.07, 6.45) is 6.24. The normalized spacial score (nSPS) is 15.5. The summed E-state index contributed by atoms with van der Waals surface area (Å²) < 4.78 is 5.49. The third kappa shape index (κ3) is 15.1. The molecule has 0 spiro atoms. The van der Waals surface area contributed by atoms with E-state index in [0.29, 0.717) is 39.0 Å². The van der Waals surface area contributed by atoms with Crippen LogP contribution in [0.15, 0.2) is 0 Å². The van der Waals surface area contributed by atoms with Crippen molar-refractivity contribution in [3.63, 3.8) is 0 Å². The van der Waals surface area contributed by atoms with Crippen LogP contribution in [0.4, 0.5) is 0 Å². The lowest BCUT2D eigenvalue weighted by molar-refractivity contribution is -0.133. The number of hydrogen-bond donors (Lipinski definition) is 1. The highest BCUT2D eigenvalue weighted by Gasteiger charge is 2.28. The van der Waals surface area contributed by atoms with Crippen molar-refractivity contribution in [2.24, 2.45) is 0 Å². The average Bonchev–Trinajstić information content (AvgIpc) is 3.21. The van der Waals surface area contributed by atoms with Gasteiger partial charge in [0.2, 0.25) is 11.8 Å². The van der Waals surface area contributed by atoms with Gasteiger partial charge >= 0.3 is 0 Å². The fourth-order valence-corrected chi connectivity index (χ4v) is 5.11. The molecule has 1 atom stereocenters. The van der Waals surface area contributed by atoms with Crippen LogP contribution >= 0.6 is 21.6 Å².